The van der Waals surface area contributed by atoms with E-state index in [1.807, 2.05) is 79.0 Å². The van der Waals surface area contributed by atoms with Gasteiger partial charge in [-0.15, -0.1) is 11.3 Å². The van der Waals surface area contributed by atoms with Crippen LogP contribution in [0.1, 0.15) is 54.1 Å². The molecule has 0 saturated heterocycles. The van der Waals surface area contributed by atoms with Crippen LogP contribution < -0.4 is 10.7 Å². The van der Waals surface area contributed by atoms with Gasteiger partial charge in [-0.25, -0.2) is 0 Å². The van der Waals surface area contributed by atoms with E-state index in [9.17, 15) is 9.59 Å². The summed E-state index contributed by atoms with van der Waals surface area (Å²) in [7, 11) is 0. The molecule has 1 aromatic heterocycles. The summed E-state index contributed by atoms with van der Waals surface area (Å²) >= 11 is 1.57. The van der Waals surface area contributed by atoms with E-state index >= 15 is 0 Å². The molecule has 36 heavy (non-hydrogen) atoms. The van der Waals surface area contributed by atoms with Crippen LogP contribution in [-0.2, 0) is 16.1 Å². The van der Waals surface area contributed by atoms with Crippen molar-refractivity contribution in [2.24, 2.45) is 10.3 Å². The highest BCUT2D eigenvalue weighted by Gasteiger charge is 2.34. The molecule has 8 heteroatoms. The van der Waals surface area contributed by atoms with Crippen molar-refractivity contribution in [3.05, 3.63) is 88.1 Å². The molecule has 188 valence electrons. The number of hydrogen-bond acceptors (Lipinski definition) is 5. The summed E-state index contributed by atoms with van der Waals surface area (Å²) < 4.78 is 0. The van der Waals surface area contributed by atoms with Gasteiger partial charge in [0.05, 0.1) is 12.2 Å². The Hall–Kier alpha value is -3.52. The first-order valence-corrected chi connectivity index (χ1v) is 13.3. The Balaban J connectivity index is 1.58. The molecular weight excluding hydrogens is 470 g/mol. The Bertz CT molecular complexity index is 1140. The summed E-state index contributed by atoms with van der Waals surface area (Å²) in [5.41, 5.74) is 5.43. The topological polar surface area (TPSA) is 86.2 Å². The smallest absolute Gasteiger partial charge is 0.247 e. The summed E-state index contributed by atoms with van der Waals surface area (Å²) in [6.07, 6.45) is 5.40. The molecule has 1 saturated carbocycles. The predicted octanol–water partition coefficient (Wildman–Crippen LogP) is 6.05. The van der Waals surface area contributed by atoms with Crippen molar-refractivity contribution in [2.45, 2.75) is 57.7 Å². The molecule has 1 atom stereocenters. The zero-order chi connectivity index (χ0) is 25.2. The second kappa shape index (κ2) is 13.0. The van der Waals surface area contributed by atoms with Crippen molar-refractivity contribution in [1.82, 2.24) is 10.2 Å². The van der Waals surface area contributed by atoms with Gasteiger partial charge in [-0.2, -0.15) is 5.11 Å². The van der Waals surface area contributed by atoms with Gasteiger partial charge >= 0.3 is 0 Å². The largest absolute Gasteiger partial charge is 0.351 e. The molecule has 0 aliphatic heterocycles. The van der Waals surface area contributed by atoms with Crippen LogP contribution in [0.4, 0.5) is 5.69 Å². The van der Waals surface area contributed by atoms with Crippen molar-refractivity contribution < 1.29 is 9.59 Å². The second-order valence-electron chi connectivity index (χ2n) is 9.08. The van der Waals surface area contributed by atoms with E-state index in [-0.39, 0.29) is 24.4 Å². The van der Waals surface area contributed by atoms with Crippen LogP contribution in [0.3, 0.4) is 0 Å². The fourth-order valence-electron chi connectivity index (χ4n) is 4.56. The van der Waals surface area contributed by atoms with Gasteiger partial charge in [-0.05, 0) is 54.5 Å². The van der Waals surface area contributed by atoms with Crippen LogP contribution in [-0.4, -0.2) is 29.3 Å². The van der Waals surface area contributed by atoms with E-state index < -0.39 is 6.04 Å². The van der Waals surface area contributed by atoms with Crippen molar-refractivity contribution in [3.8, 4) is 0 Å². The normalized spacial score (nSPS) is 14.9. The number of rotatable bonds is 10. The minimum atomic E-state index is -0.750. The number of nitrogens with one attached hydrogen (secondary N) is 2. The van der Waals surface area contributed by atoms with Crippen molar-refractivity contribution in [3.63, 3.8) is 0 Å². The summed E-state index contributed by atoms with van der Waals surface area (Å²) in [6.45, 7) is 2.15. The van der Waals surface area contributed by atoms with Gasteiger partial charge in [-0.3, -0.25) is 15.0 Å². The molecule has 3 aromatic rings. The third kappa shape index (κ3) is 7.01. The molecule has 7 nitrogen and oxygen atoms in total. The minimum Gasteiger partial charge on any atom is -0.351 e. The van der Waals surface area contributed by atoms with E-state index in [0.717, 1.165) is 47.4 Å². The number of benzene rings is 2. The van der Waals surface area contributed by atoms with E-state index in [2.05, 4.69) is 21.1 Å². The number of thiophene rings is 1. The number of amides is 2. The van der Waals surface area contributed by atoms with Crippen molar-refractivity contribution in [2.75, 3.05) is 12.0 Å². The summed E-state index contributed by atoms with van der Waals surface area (Å²) in [6, 6.07) is 20.6. The van der Waals surface area contributed by atoms with Gasteiger partial charge in [-0.1, -0.05) is 73.0 Å². The maximum Gasteiger partial charge on any atom is 0.247 e. The number of nitrogens with zero attached hydrogens (tertiary/aromatic N) is 3. The van der Waals surface area contributed by atoms with Gasteiger partial charge in [0.25, 0.3) is 0 Å². The number of hydrogen-bond donors (Lipinski definition) is 2. The number of carbonyl (C=O) groups excluding carboxylic acids is 2. The van der Waals surface area contributed by atoms with Crippen molar-refractivity contribution >= 4 is 28.8 Å². The molecule has 1 aliphatic rings. The lowest BCUT2D eigenvalue weighted by Gasteiger charge is -2.33. The van der Waals surface area contributed by atoms with Gasteiger partial charge < -0.3 is 10.2 Å². The van der Waals surface area contributed by atoms with Crippen LogP contribution in [0.2, 0.25) is 0 Å². The molecule has 2 N–H and O–H groups in total. The maximum absolute atomic E-state index is 13.8. The van der Waals surface area contributed by atoms with Crippen LogP contribution in [0.25, 0.3) is 0 Å². The molecule has 0 spiro atoms. The summed E-state index contributed by atoms with van der Waals surface area (Å²) in [5, 5.41) is 13.3. The highest BCUT2D eigenvalue weighted by atomic mass is 32.1. The van der Waals surface area contributed by atoms with E-state index in [1.54, 1.807) is 16.2 Å². The Morgan fingerprint density at radius 1 is 1.00 bits per heavy atom. The average Bonchev–Trinajstić information content (AvgIpc) is 3.42. The predicted molar refractivity (Wildman–Crippen MR) is 144 cm³/mol. The summed E-state index contributed by atoms with van der Waals surface area (Å²) in [4.78, 5) is 30.0. The lowest BCUT2D eigenvalue weighted by molar-refractivity contribution is -0.141. The fourth-order valence-corrected chi connectivity index (χ4v) is 5.26. The molecule has 4 rings (SSSR count). The number of anilines is 1. The molecule has 0 bridgehead atoms. The van der Waals surface area contributed by atoms with E-state index in [0.29, 0.717) is 6.54 Å². The van der Waals surface area contributed by atoms with Crippen LogP contribution >= 0.6 is 11.3 Å². The molecule has 0 radical (unpaired) electrons. The quantitative estimate of drug-likeness (QED) is 0.261. The molecule has 2 amide bonds. The second-order valence-corrected chi connectivity index (χ2v) is 10.1. The maximum atomic E-state index is 13.8. The monoisotopic (exact) mass is 503 g/mol. The lowest BCUT2D eigenvalue weighted by atomic mass is 9.94. The van der Waals surface area contributed by atoms with Crippen LogP contribution in [0, 0.1) is 6.92 Å². The van der Waals surface area contributed by atoms with E-state index in [1.165, 1.54) is 6.42 Å². The first kappa shape index (κ1) is 25.6. The number of aryl methyl sites for hydroxylation is 1. The van der Waals surface area contributed by atoms with Gasteiger partial charge in [0.15, 0.2) is 0 Å². The highest BCUT2D eigenvalue weighted by Crippen LogP contribution is 2.29. The Morgan fingerprint density at radius 3 is 2.47 bits per heavy atom. The minimum absolute atomic E-state index is 0.138. The van der Waals surface area contributed by atoms with Crippen LogP contribution in [0.15, 0.2) is 82.4 Å². The average molecular weight is 504 g/mol. The standard InChI is InChI=1S/C28H33N5O2S/c1-21-11-8-9-17-25(21)27(28(35)30-22-12-4-2-5-13-22)33(20-24-16-10-18-36-24)26(34)19-29-32-31-23-14-6-3-7-15-23/h3,6-11,14-18,22,27H,2,4-5,12-13,19-20H2,1H3,(H,29,31)(H,30,35). The van der Waals surface area contributed by atoms with Gasteiger partial charge in [0, 0.05) is 10.9 Å². The molecule has 2 aromatic carbocycles. The van der Waals surface area contributed by atoms with Gasteiger partial charge in [0.1, 0.15) is 12.6 Å². The Labute approximate surface area is 216 Å². The molecule has 1 heterocycles. The molecule has 1 fully saturated rings. The fraction of sp³-hybridized carbons (Fsp3) is 0.357. The highest BCUT2D eigenvalue weighted by molar-refractivity contribution is 7.09. The lowest BCUT2D eigenvalue weighted by Crippen LogP contribution is -2.47. The van der Waals surface area contributed by atoms with Gasteiger partial charge in [0.2, 0.25) is 11.8 Å². The molecule has 1 aliphatic carbocycles. The number of carbonyl (C=O) groups is 2. The SMILES string of the molecule is Cc1ccccc1C(C(=O)NC1CCCCC1)N(Cc1cccs1)C(=O)CN=NNc1ccccc1. The van der Waals surface area contributed by atoms with Crippen molar-refractivity contribution in [1.29, 1.82) is 0 Å². The van der Waals surface area contributed by atoms with Crippen LogP contribution in [0.5, 0.6) is 0 Å². The Morgan fingerprint density at radius 2 is 1.75 bits per heavy atom. The molecular formula is C28H33N5O2S. The number of para-hydroxylation sites is 1. The first-order valence-electron chi connectivity index (χ1n) is 12.5. The zero-order valence-electron chi connectivity index (χ0n) is 20.6. The third-order valence-electron chi connectivity index (χ3n) is 6.45. The summed E-state index contributed by atoms with van der Waals surface area (Å²) in [5.74, 6) is -0.394. The molecule has 1 unspecified atom stereocenters. The van der Waals surface area contributed by atoms with E-state index in [4.69, 9.17) is 0 Å². The zero-order valence-corrected chi connectivity index (χ0v) is 21.4. The first-order chi connectivity index (χ1) is 17.6. The Kier molecular flexibility index (Phi) is 9.21. The third-order valence-corrected chi connectivity index (χ3v) is 7.31.